The zero-order chi connectivity index (χ0) is 15.0. The highest BCUT2D eigenvalue weighted by Crippen LogP contribution is 2.33. The van der Waals surface area contributed by atoms with E-state index in [9.17, 15) is 0 Å². The minimum Gasteiger partial charge on any atom is -0.0839 e. The first-order chi connectivity index (χ1) is 9.56. The van der Waals surface area contributed by atoms with Crippen LogP contribution in [0.2, 0.25) is 0 Å². The highest BCUT2D eigenvalue weighted by molar-refractivity contribution is 9.10. The quantitative estimate of drug-likeness (QED) is 0.293. The Morgan fingerprint density at radius 3 is 2.15 bits per heavy atom. The van der Waals surface area contributed by atoms with Gasteiger partial charge < -0.3 is 0 Å². The molecular formula is C18H28Br2. The largest absolute Gasteiger partial charge is 0.0839 e. The number of halogens is 2. The highest BCUT2D eigenvalue weighted by Gasteiger charge is 2.11. The summed E-state index contributed by atoms with van der Waals surface area (Å²) in [5.74, 6) is 0. The van der Waals surface area contributed by atoms with Gasteiger partial charge in [-0.15, -0.1) is 0 Å². The molecule has 0 bridgehead atoms. The molecule has 114 valence electrons. The molecule has 1 aromatic carbocycles. The van der Waals surface area contributed by atoms with Gasteiger partial charge in [-0.2, -0.15) is 0 Å². The van der Waals surface area contributed by atoms with Crippen molar-refractivity contribution in [2.24, 2.45) is 0 Å². The van der Waals surface area contributed by atoms with Crippen molar-refractivity contribution in [2.75, 3.05) is 0 Å². The molecule has 0 heterocycles. The van der Waals surface area contributed by atoms with E-state index in [1.807, 2.05) is 0 Å². The molecule has 0 aliphatic carbocycles. The summed E-state index contributed by atoms with van der Waals surface area (Å²) in [7, 11) is 0. The van der Waals surface area contributed by atoms with Crippen molar-refractivity contribution < 1.29 is 0 Å². The Morgan fingerprint density at radius 1 is 0.900 bits per heavy atom. The summed E-state index contributed by atoms with van der Waals surface area (Å²) in [5.41, 5.74) is 4.17. The maximum atomic E-state index is 3.87. The van der Waals surface area contributed by atoms with Crippen LogP contribution in [0, 0.1) is 13.8 Å². The van der Waals surface area contributed by atoms with Gasteiger partial charge in [0.25, 0.3) is 0 Å². The fourth-order valence-electron chi connectivity index (χ4n) is 2.58. The van der Waals surface area contributed by atoms with Crippen molar-refractivity contribution in [2.45, 2.75) is 77.0 Å². The molecule has 1 aromatic rings. The molecule has 0 N–H and O–H groups in total. The lowest BCUT2D eigenvalue weighted by Crippen LogP contribution is -1.96. The molecule has 0 radical (unpaired) electrons. The third kappa shape index (κ3) is 6.30. The Balaban J connectivity index is 2.32. The van der Waals surface area contributed by atoms with E-state index in [0.717, 1.165) is 0 Å². The minimum atomic E-state index is 0.505. The fraction of sp³-hybridized carbons (Fsp3) is 0.667. The van der Waals surface area contributed by atoms with E-state index in [1.165, 1.54) is 72.5 Å². The Morgan fingerprint density at radius 2 is 1.50 bits per heavy atom. The maximum absolute atomic E-state index is 3.87. The van der Waals surface area contributed by atoms with E-state index in [-0.39, 0.29) is 0 Å². The minimum absolute atomic E-state index is 0.505. The molecule has 0 fully saturated rings. The van der Waals surface area contributed by atoms with Gasteiger partial charge in [0.15, 0.2) is 0 Å². The lowest BCUT2D eigenvalue weighted by atomic mass is 9.99. The van der Waals surface area contributed by atoms with Gasteiger partial charge in [-0.1, -0.05) is 89.8 Å². The van der Waals surface area contributed by atoms with Gasteiger partial charge in [-0.25, -0.2) is 0 Å². The molecule has 1 rings (SSSR count). The van der Waals surface area contributed by atoms with Crippen molar-refractivity contribution in [1.29, 1.82) is 0 Å². The summed E-state index contributed by atoms with van der Waals surface area (Å²) in [6.45, 7) is 6.65. The molecule has 1 unspecified atom stereocenters. The summed E-state index contributed by atoms with van der Waals surface area (Å²) in [6, 6.07) is 4.56. The molecule has 0 saturated heterocycles. The summed E-state index contributed by atoms with van der Waals surface area (Å²) in [6.07, 6.45) is 10.9. The van der Waals surface area contributed by atoms with Crippen LogP contribution in [-0.2, 0) is 0 Å². The predicted molar refractivity (Wildman–Crippen MR) is 97.9 cm³/mol. The second-order valence-corrected chi connectivity index (χ2v) is 7.80. The SMILES string of the molecule is CCCCCCCCCC(Br)c1cc(C)c(Br)cc1C. The lowest BCUT2D eigenvalue weighted by Gasteiger charge is -2.15. The predicted octanol–water partition coefficient (Wildman–Crippen LogP) is 7.64. The van der Waals surface area contributed by atoms with Gasteiger partial charge in [0, 0.05) is 9.30 Å². The molecule has 0 aliphatic heterocycles. The summed E-state index contributed by atoms with van der Waals surface area (Å²) in [5, 5.41) is 0. The van der Waals surface area contributed by atoms with E-state index in [1.54, 1.807) is 0 Å². The number of rotatable bonds is 9. The van der Waals surface area contributed by atoms with E-state index in [4.69, 9.17) is 0 Å². The summed E-state index contributed by atoms with van der Waals surface area (Å²) < 4.78 is 1.22. The standard InChI is InChI=1S/C18H28Br2/c1-4-5-6-7-8-9-10-11-17(19)16-12-15(3)18(20)13-14(16)2/h12-13,17H,4-11H2,1-3H3. The van der Waals surface area contributed by atoms with Crippen LogP contribution in [0.3, 0.4) is 0 Å². The monoisotopic (exact) mass is 402 g/mol. The molecular weight excluding hydrogens is 376 g/mol. The van der Waals surface area contributed by atoms with Crippen LogP contribution in [0.4, 0.5) is 0 Å². The van der Waals surface area contributed by atoms with E-state index >= 15 is 0 Å². The van der Waals surface area contributed by atoms with Crippen molar-refractivity contribution in [3.63, 3.8) is 0 Å². The topological polar surface area (TPSA) is 0 Å². The first kappa shape index (κ1) is 18.2. The first-order valence-corrected chi connectivity index (χ1v) is 9.67. The smallest absolute Gasteiger partial charge is 0.0398 e. The van der Waals surface area contributed by atoms with Crippen molar-refractivity contribution in [3.05, 3.63) is 33.3 Å². The third-order valence-electron chi connectivity index (χ3n) is 3.95. The Kier molecular flexibility index (Phi) is 9.11. The van der Waals surface area contributed by atoms with Crippen LogP contribution in [0.15, 0.2) is 16.6 Å². The fourth-order valence-corrected chi connectivity index (χ4v) is 3.85. The Labute approximate surface area is 142 Å². The van der Waals surface area contributed by atoms with Crippen molar-refractivity contribution in [1.82, 2.24) is 0 Å². The number of aryl methyl sites for hydroxylation is 2. The van der Waals surface area contributed by atoms with E-state index in [0.29, 0.717) is 4.83 Å². The lowest BCUT2D eigenvalue weighted by molar-refractivity contribution is 0.574. The maximum Gasteiger partial charge on any atom is 0.0398 e. The number of alkyl halides is 1. The number of hydrogen-bond donors (Lipinski definition) is 0. The molecule has 1 atom stereocenters. The van der Waals surface area contributed by atoms with Crippen LogP contribution in [0.5, 0.6) is 0 Å². The molecule has 0 aliphatic rings. The molecule has 0 saturated carbocycles. The molecule has 0 aromatic heterocycles. The van der Waals surface area contributed by atoms with Gasteiger partial charge >= 0.3 is 0 Å². The third-order valence-corrected chi connectivity index (χ3v) is 5.75. The molecule has 2 heteroatoms. The molecule has 20 heavy (non-hydrogen) atoms. The summed E-state index contributed by atoms with van der Waals surface area (Å²) in [4.78, 5) is 0.505. The van der Waals surface area contributed by atoms with Crippen LogP contribution in [-0.4, -0.2) is 0 Å². The molecule has 0 amide bonds. The zero-order valence-electron chi connectivity index (χ0n) is 13.1. The number of hydrogen-bond acceptors (Lipinski definition) is 0. The normalized spacial score (nSPS) is 12.7. The van der Waals surface area contributed by atoms with Gasteiger partial charge in [-0.05, 0) is 43.0 Å². The zero-order valence-corrected chi connectivity index (χ0v) is 16.3. The van der Waals surface area contributed by atoms with Crippen LogP contribution in [0.25, 0.3) is 0 Å². The average Bonchev–Trinajstić information content (AvgIpc) is 2.41. The second kappa shape index (κ2) is 10.00. The van der Waals surface area contributed by atoms with Crippen molar-refractivity contribution >= 4 is 31.9 Å². The Hall–Kier alpha value is 0.180. The second-order valence-electron chi connectivity index (χ2n) is 5.84. The highest BCUT2D eigenvalue weighted by atomic mass is 79.9. The Bertz CT molecular complexity index is 399. The average molecular weight is 404 g/mol. The van der Waals surface area contributed by atoms with Gasteiger partial charge in [0.2, 0.25) is 0 Å². The van der Waals surface area contributed by atoms with Gasteiger partial charge in [-0.3, -0.25) is 0 Å². The van der Waals surface area contributed by atoms with E-state index in [2.05, 4.69) is 64.8 Å². The number of benzene rings is 1. The van der Waals surface area contributed by atoms with Crippen LogP contribution >= 0.6 is 31.9 Å². The molecule has 0 spiro atoms. The first-order valence-electron chi connectivity index (χ1n) is 7.97. The van der Waals surface area contributed by atoms with Crippen molar-refractivity contribution in [3.8, 4) is 0 Å². The van der Waals surface area contributed by atoms with E-state index < -0.39 is 0 Å². The van der Waals surface area contributed by atoms with Gasteiger partial charge in [0.1, 0.15) is 0 Å². The van der Waals surface area contributed by atoms with Crippen LogP contribution in [0.1, 0.15) is 79.8 Å². The summed E-state index contributed by atoms with van der Waals surface area (Å²) >= 11 is 7.48. The number of unbranched alkanes of at least 4 members (excludes halogenated alkanes) is 6. The molecule has 0 nitrogen and oxygen atoms in total. The van der Waals surface area contributed by atoms with Gasteiger partial charge in [0.05, 0.1) is 0 Å². The van der Waals surface area contributed by atoms with Crippen LogP contribution < -0.4 is 0 Å².